The Morgan fingerprint density at radius 2 is 1.64 bits per heavy atom. The average Bonchev–Trinajstić information content (AvgIpc) is 2.82. The molecule has 0 fully saturated rings. The fourth-order valence-electron chi connectivity index (χ4n) is 3.52. The summed E-state index contributed by atoms with van der Waals surface area (Å²) in [5.41, 5.74) is 2.84. The van der Waals surface area contributed by atoms with E-state index in [1.807, 2.05) is 57.2 Å². The van der Waals surface area contributed by atoms with Gasteiger partial charge in [-0.1, -0.05) is 47.1 Å². The number of hydrogen-bond acceptors (Lipinski definition) is 4. The van der Waals surface area contributed by atoms with Crippen LogP contribution in [-0.4, -0.2) is 62.2 Å². The second-order valence-electron chi connectivity index (χ2n) is 9.23. The molecule has 0 saturated heterocycles. The van der Waals surface area contributed by atoms with E-state index in [9.17, 15) is 18.0 Å². The highest BCUT2D eigenvalue weighted by Crippen LogP contribution is 2.26. The maximum absolute atomic E-state index is 13.8. The number of carbonyl (C=O) groups is 2. The van der Waals surface area contributed by atoms with Crippen LogP contribution in [-0.2, 0) is 26.3 Å². The molecule has 0 spiro atoms. The maximum atomic E-state index is 13.8. The van der Waals surface area contributed by atoms with Crippen molar-refractivity contribution in [1.29, 1.82) is 0 Å². The van der Waals surface area contributed by atoms with Crippen LogP contribution in [0, 0.1) is 13.8 Å². The lowest BCUT2D eigenvalue weighted by Crippen LogP contribution is -2.53. The summed E-state index contributed by atoms with van der Waals surface area (Å²) in [6, 6.07) is 12.1. The number of benzene rings is 2. The fourth-order valence-corrected chi connectivity index (χ4v) is 4.90. The Balaban J connectivity index is 2.49. The minimum atomic E-state index is -3.99. The number of nitrogens with zero attached hydrogens (tertiary/aromatic N) is 3. The van der Waals surface area contributed by atoms with E-state index in [1.54, 1.807) is 19.9 Å². The van der Waals surface area contributed by atoms with E-state index in [1.165, 1.54) is 19.0 Å². The van der Waals surface area contributed by atoms with Gasteiger partial charge in [-0.15, -0.1) is 0 Å². The Hall–Kier alpha value is -2.43. The van der Waals surface area contributed by atoms with Crippen LogP contribution in [0.25, 0.3) is 0 Å². The molecular formula is C26H37BrN4O4S. The van der Waals surface area contributed by atoms with Gasteiger partial charge in [0.25, 0.3) is 0 Å². The molecule has 0 heterocycles. The molecule has 0 aromatic heterocycles. The molecule has 1 N–H and O–H groups in total. The molecule has 2 amide bonds. The zero-order valence-corrected chi connectivity index (χ0v) is 24.5. The number of rotatable bonds is 11. The van der Waals surface area contributed by atoms with Gasteiger partial charge in [0.2, 0.25) is 11.8 Å². The molecule has 10 heteroatoms. The lowest BCUT2D eigenvalue weighted by molar-refractivity contribution is -0.139. The van der Waals surface area contributed by atoms with E-state index in [4.69, 9.17) is 0 Å². The lowest BCUT2D eigenvalue weighted by atomic mass is 10.1. The highest BCUT2D eigenvalue weighted by atomic mass is 79.9. The first kappa shape index (κ1) is 29.8. The summed E-state index contributed by atoms with van der Waals surface area (Å²) in [4.78, 5) is 28.2. The molecule has 2 aromatic rings. The first-order chi connectivity index (χ1) is 16.8. The molecule has 36 heavy (non-hydrogen) atoms. The number of carbonyl (C=O) groups excluding carboxylic acids is 2. The standard InChI is InChI=1S/C26H37BrN4O4S/c1-8-20(4)28-26(33)21(5)30(16-22-11-13-23(27)14-12-22)25(32)17-31(36(34,35)29(6)7)24-15-18(2)9-10-19(24)3/h9-15,20-21H,8,16-17H2,1-7H3,(H,28,33)/t20-,21-/m0/s1. The maximum Gasteiger partial charge on any atom is 0.304 e. The molecule has 0 bridgehead atoms. The molecule has 0 aliphatic rings. The number of aryl methyl sites for hydroxylation is 2. The van der Waals surface area contributed by atoms with Crippen LogP contribution >= 0.6 is 15.9 Å². The van der Waals surface area contributed by atoms with Crippen LogP contribution in [0.15, 0.2) is 46.9 Å². The van der Waals surface area contributed by atoms with Crippen LogP contribution in [0.1, 0.15) is 43.9 Å². The van der Waals surface area contributed by atoms with Crippen molar-refractivity contribution in [2.24, 2.45) is 0 Å². The summed E-state index contributed by atoms with van der Waals surface area (Å²) in [6.45, 7) is 8.92. The number of nitrogens with one attached hydrogen (secondary N) is 1. The van der Waals surface area contributed by atoms with Gasteiger partial charge in [-0.2, -0.15) is 12.7 Å². The zero-order chi connectivity index (χ0) is 27.2. The number of amides is 2. The van der Waals surface area contributed by atoms with E-state index >= 15 is 0 Å². The third-order valence-electron chi connectivity index (χ3n) is 6.09. The van der Waals surface area contributed by atoms with Crippen molar-refractivity contribution in [3.05, 3.63) is 63.6 Å². The summed E-state index contributed by atoms with van der Waals surface area (Å²) in [7, 11) is -1.13. The summed E-state index contributed by atoms with van der Waals surface area (Å²) in [5.74, 6) is -0.764. The van der Waals surface area contributed by atoms with E-state index in [2.05, 4.69) is 21.2 Å². The number of anilines is 1. The summed E-state index contributed by atoms with van der Waals surface area (Å²) >= 11 is 3.41. The Morgan fingerprint density at radius 1 is 1.03 bits per heavy atom. The third-order valence-corrected chi connectivity index (χ3v) is 8.42. The summed E-state index contributed by atoms with van der Waals surface area (Å²) in [6.07, 6.45) is 0.751. The molecule has 2 rings (SSSR count). The molecule has 0 aliphatic carbocycles. The third kappa shape index (κ3) is 7.54. The van der Waals surface area contributed by atoms with Crippen molar-refractivity contribution >= 4 is 43.6 Å². The summed E-state index contributed by atoms with van der Waals surface area (Å²) in [5, 5.41) is 2.93. The molecule has 0 radical (unpaired) electrons. The van der Waals surface area contributed by atoms with Crippen LogP contribution in [0.5, 0.6) is 0 Å². The van der Waals surface area contributed by atoms with Gasteiger partial charge in [0.05, 0.1) is 5.69 Å². The van der Waals surface area contributed by atoms with Crippen molar-refractivity contribution in [2.45, 2.75) is 59.7 Å². The molecule has 0 saturated carbocycles. The zero-order valence-electron chi connectivity index (χ0n) is 22.1. The normalized spacial score (nSPS) is 13.2. The molecular weight excluding hydrogens is 544 g/mol. The monoisotopic (exact) mass is 580 g/mol. The van der Waals surface area contributed by atoms with Gasteiger partial charge < -0.3 is 10.2 Å². The Bertz CT molecular complexity index is 1170. The van der Waals surface area contributed by atoms with Crippen molar-refractivity contribution in [1.82, 2.24) is 14.5 Å². The molecule has 2 atom stereocenters. The number of hydrogen-bond donors (Lipinski definition) is 1. The fraction of sp³-hybridized carbons (Fsp3) is 0.462. The van der Waals surface area contributed by atoms with Crippen molar-refractivity contribution in [2.75, 3.05) is 24.9 Å². The Kier molecular flexibility index (Phi) is 10.5. The topological polar surface area (TPSA) is 90.0 Å². The second-order valence-corrected chi connectivity index (χ2v) is 12.2. The van der Waals surface area contributed by atoms with Gasteiger partial charge in [0.1, 0.15) is 12.6 Å². The largest absolute Gasteiger partial charge is 0.352 e. The van der Waals surface area contributed by atoms with Gasteiger partial charge in [-0.3, -0.25) is 9.59 Å². The van der Waals surface area contributed by atoms with Crippen LogP contribution in [0.2, 0.25) is 0 Å². The second kappa shape index (κ2) is 12.7. The molecule has 0 aliphatic heterocycles. The predicted octanol–water partition coefficient (Wildman–Crippen LogP) is 4.01. The van der Waals surface area contributed by atoms with Gasteiger partial charge >= 0.3 is 10.2 Å². The van der Waals surface area contributed by atoms with Crippen molar-refractivity contribution < 1.29 is 18.0 Å². The van der Waals surface area contributed by atoms with E-state index in [0.29, 0.717) is 5.69 Å². The van der Waals surface area contributed by atoms with E-state index in [-0.39, 0.29) is 18.5 Å². The smallest absolute Gasteiger partial charge is 0.304 e. The minimum absolute atomic E-state index is 0.0508. The van der Waals surface area contributed by atoms with Gasteiger partial charge in [-0.05, 0) is 69.0 Å². The average molecular weight is 582 g/mol. The SMILES string of the molecule is CC[C@H](C)NC(=O)[C@H](C)N(Cc1ccc(Br)cc1)C(=O)CN(c1cc(C)ccc1C)S(=O)(=O)N(C)C. The highest BCUT2D eigenvalue weighted by Gasteiger charge is 2.33. The van der Waals surface area contributed by atoms with Crippen molar-refractivity contribution in [3.8, 4) is 0 Å². The Morgan fingerprint density at radius 3 is 2.19 bits per heavy atom. The highest BCUT2D eigenvalue weighted by molar-refractivity contribution is 9.10. The first-order valence-electron chi connectivity index (χ1n) is 11.9. The lowest BCUT2D eigenvalue weighted by Gasteiger charge is -2.33. The van der Waals surface area contributed by atoms with Crippen LogP contribution in [0.4, 0.5) is 5.69 Å². The van der Waals surface area contributed by atoms with Crippen LogP contribution < -0.4 is 9.62 Å². The molecule has 2 aromatic carbocycles. The summed E-state index contributed by atoms with van der Waals surface area (Å²) < 4.78 is 29.8. The predicted molar refractivity (Wildman–Crippen MR) is 148 cm³/mol. The minimum Gasteiger partial charge on any atom is -0.352 e. The molecule has 8 nitrogen and oxygen atoms in total. The number of halogens is 1. The van der Waals surface area contributed by atoms with Gasteiger partial charge in [-0.25, -0.2) is 4.31 Å². The van der Waals surface area contributed by atoms with E-state index < -0.39 is 28.7 Å². The molecule has 0 unspecified atom stereocenters. The molecule has 198 valence electrons. The van der Waals surface area contributed by atoms with Gasteiger partial charge in [0.15, 0.2) is 0 Å². The Labute approximate surface area is 224 Å². The van der Waals surface area contributed by atoms with Crippen LogP contribution in [0.3, 0.4) is 0 Å². The first-order valence-corrected chi connectivity index (χ1v) is 14.1. The quantitative estimate of drug-likeness (QED) is 0.435. The van der Waals surface area contributed by atoms with Gasteiger partial charge in [0, 0.05) is 31.2 Å². The van der Waals surface area contributed by atoms with E-state index in [0.717, 1.165) is 36.2 Å². The van der Waals surface area contributed by atoms with Crippen molar-refractivity contribution in [3.63, 3.8) is 0 Å².